The van der Waals surface area contributed by atoms with Crippen LogP contribution in [0.15, 0.2) is 53.0 Å². The number of hydrogen-bond donors (Lipinski definition) is 1. The van der Waals surface area contributed by atoms with Gasteiger partial charge in [-0.05, 0) is 42.5 Å². The van der Waals surface area contributed by atoms with E-state index < -0.39 is 0 Å². The maximum absolute atomic E-state index is 12.3. The fourth-order valence-corrected chi connectivity index (χ4v) is 2.43. The van der Waals surface area contributed by atoms with Crippen molar-refractivity contribution in [3.63, 3.8) is 0 Å². The van der Waals surface area contributed by atoms with Gasteiger partial charge < -0.3 is 10.1 Å². The lowest BCUT2D eigenvalue weighted by atomic mass is 10.1. The van der Waals surface area contributed by atoms with Crippen molar-refractivity contribution in [3.8, 4) is 5.75 Å². The Morgan fingerprint density at radius 1 is 1.17 bits per heavy atom. The van der Waals surface area contributed by atoms with Crippen LogP contribution in [0.5, 0.6) is 5.75 Å². The summed E-state index contributed by atoms with van der Waals surface area (Å²) in [5, 5.41) is 2.66. The fraction of sp³-hybridized carbons (Fsp3) is 0.111. The second-order valence-electron chi connectivity index (χ2n) is 4.85. The quantitative estimate of drug-likeness (QED) is 0.627. The van der Waals surface area contributed by atoms with E-state index in [0.717, 1.165) is 10.0 Å². The SMILES string of the molecule is COc1ccc(Br)cc1/C=C\C(=O)c1cccc(NC(C)=O)c1. The summed E-state index contributed by atoms with van der Waals surface area (Å²) in [6.07, 6.45) is 3.19. The van der Waals surface area contributed by atoms with E-state index in [9.17, 15) is 9.59 Å². The summed E-state index contributed by atoms with van der Waals surface area (Å²) in [6.45, 7) is 1.42. The number of anilines is 1. The van der Waals surface area contributed by atoms with Crippen molar-refractivity contribution in [2.45, 2.75) is 6.92 Å². The zero-order valence-corrected chi connectivity index (χ0v) is 14.4. The van der Waals surface area contributed by atoms with Crippen molar-refractivity contribution in [2.24, 2.45) is 0 Å². The lowest BCUT2D eigenvalue weighted by Gasteiger charge is -2.05. The standard InChI is InChI=1S/C18H16BrNO3/c1-12(21)20-16-5-3-4-13(11-16)17(22)8-6-14-10-15(19)7-9-18(14)23-2/h3-11H,1-2H3,(H,20,21)/b8-6-. The molecule has 1 N–H and O–H groups in total. The lowest BCUT2D eigenvalue weighted by Crippen LogP contribution is -2.06. The summed E-state index contributed by atoms with van der Waals surface area (Å²) in [5.41, 5.74) is 1.89. The van der Waals surface area contributed by atoms with Crippen molar-refractivity contribution in [1.82, 2.24) is 0 Å². The van der Waals surface area contributed by atoms with Crippen molar-refractivity contribution in [1.29, 1.82) is 0 Å². The summed E-state index contributed by atoms with van der Waals surface area (Å²) >= 11 is 3.40. The molecular formula is C18H16BrNO3. The van der Waals surface area contributed by atoms with Crippen LogP contribution in [-0.4, -0.2) is 18.8 Å². The van der Waals surface area contributed by atoms with Gasteiger partial charge in [0.2, 0.25) is 5.91 Å². The first-order valence-electron chi connectivity index (χ1n) is 6.93. The maximum atomic E-state index is 12.3. The van der Waals surface area contributed by atoms with Gasteiger partial charge in [0.05, 0.1) is 7.11 Å². The Morgan fingerprint density at radius 3 is 2.65 bits per heavy atom. The minimum atomic E-state index is -0.177. The van der Waals surface area contributed by atoms with E-state index >= 15 is 0 Å². The van der Waals surface area contributed by atoms with Crippen molar-refractivity contribution in [2.75, 3.05) is 12.4 Å². The highest BCUT2D eigenvalue weighted by Crippen LogP contribution is 2.24. The van der Waals surface area contributed by atoms with Crippen LogP contribution in [0.1, 0.15) is 22.8 Å². The van der Waals surface area contributed by atoms with Gasteiger partial charge in [-0.15, -0.1) is 0 Å². The molecule has 0 bridgehead atoms. The van der Waals surface area contributed by atoms with Crippen LogP contribution in [0.25, 0.3) is 6.08 Å². The highest BCUT2D eigenvalue weighted by molar-refractivity contribution is 9.10. The van der Waals surface area contributed by atoms with Crippen LogP contribution in [0.2, 0.25) is 0 Å². The number of benzene rings is 2. The van der Waals surface area contributed by atoms with Gasteiger partial charge in [-0.1, -0.05) is 28.1 Å². The Bertz CT molecular complexity index is 769. The number of carbonyl (C=O) groups is 2. The second-order valence-corrected chi connectivity index (χ2v) is 5.76. The Labute approximate surface area is 143 Å². The van der Waals surface area contributed by atoms with Gasteiger partial charge in [0.25, 0.3) is 0 Å². The Hall–Kier alpha value is -2.40. The molecule has 2 rings (SSSR count). The van der Waals surface area contributed by atoms with Gasteiger partial charge >= 0.3 is 0 Å². The summed E-state index contributed by atoms with van der Waals surface area (Å²) in [5.74, 6) is 0.354. The molecule has 4 nitrogen and oxygen atoms in total. The molecule has 0 aliphatic rings. The summed E-state index contributed by atoms with van der Waals surface area (Å²) < 4.78 is 6.17. The van der Waals surface area contributed by atoms with E-state index in [1.807, 2.05) is 18.2 Å². The van der Waals surface area contributed by atoms with Gasteiger partial charge in [0, 0.05) is 28.2 Å². The van der Waals surface area contributed by atoms with E-state index in [-0.39, 0.29) is 11.7 Å². The normalized spacial score (nSPS) is 10.6. The van der Waals surface area contributed by atoms with E-state index in [1.165, 1.54) is 13.0 Å². The van der Waals surface area contributed by atoms with Crippen LogP contribution < -0.4 is 10.1 Å². The molecule has 5 heteroatoms. The number of halogens is 1. The molecule has 0 saturated heterocycles. The highest BCUT2D eigenvalue weighted by Gasteiger charge is 2.05. The molecule has 2 aromatic rings. The molecule has 0 fully saturated rings. The fourth-order valence-electron chi connectivity index (χ4n) is 2.05. The van der Waals surface area contributed by atoms with Gasteiger partial charge in [0.1, 0.15) is 5.75 Å². The molecular weight excluding hydrogens is 358 g/mol. The van der Waals surface area contributed by atoms with Crippen molar-refractivity contribution >= 4 is 39.4 Å². The van der Waals surface area contributed by atoms with E-state index in [4.69, 9.17) is 4.74 Å². The van der Waals surface area contributed by atoms with Crippen LogP contribution in [0.4, 0.5) is 5.69 Å². The predicted molar refractivity (Wildman–Crippen MR) is 94.8 cm³/mol. The molecule has 0 aromatic heterocycles. The number of ether oxygens (including phenoxy) is 1. The summed E-state index contributed by atoms with van der Waals surface area (Å²) in [7, 11) is 1.58. The summed E-state index contributed by atoms with van der Waals surface area (Å²) in [4.78, 5) is 23.4. The first-order valence-corrected chi connectivity index (χ1v) is 7.72. The van der Waals surface area contributed by atoms with Gasteiger partial charge in [0.15, 0.2) is 5.78 Å². The van der Waals surface area contributed by atoms with Crippen LogP contribution in [-0.2, 0) is 4.79 Å². The third kappa shape index (κ3) is 4.79. The lowest BCUT2D eigenvalue weighted by molar-refractivity contribution is -0.114. The van der Waals surface area contributed by atoms with Crippen molar-refractivity contribution < 1.29 is 14.3 Å². The van der Waals surface area contributed by atoms with E-state index in [1.54, 1.807) is 37.5 Å². The molecule has 0 spiro atoms. The van der Waals surface area contributed by atoms with Crippen LogP contribution >= 0.6 is 15.9 Å². The molecule has 2 aromatic carbocycles. The Morgan fingerprint density at radius 2 is 1.96 bits per heavy atom. The molecule has 0 saturated carbocycles. The van der Waals surface area contributed by atoms with Gasteiger partial charge in [-0.3, -0.25) is 9.59 Å². The highest BCUT2D eigenvalue weighted by atomic mass is 79.9. The predicted octanol–water partition coefficient (Wildman–Crippen LogP) is 4.31. The monoisotopic (exact) mass is 373 g/mol. The number of rotatable bonds is 5. The minimum Gasteiger partial charge on any atom is -0.496 e. The molecule has 0 radical (unpaired) electrons. The molecule has 118 valence electrons. The second kappa shape index (κ2) is 7.74. The van der Waals surface area contributed by atoms with Crippen LogP contribution in [0, 0.1) is 0 Å². The number of ketones is 1. The number of amides is 1. The number of allylic oxidation sites excluding steroid dienone is 1. The molecule has 0 unspecified atom stereocenters. The Balaban J connectivity index is 2.22. The molecule has 0 aliphatic carbocycles. The van der Waals surface area contributed by atoms with Crippen LogP contribution in [0.3, 0.4) is 0 Å². The molecule has 0 aliphatic heterocycles. The number of nitrogens with one attached hydrogen (secondary N) is 1. The number of methoxy groups -OCH3 is 1. The molecule has 0 heterocycles. The topological polar surface area (TPSA) is 55.4 Å². The molecule has 23 heavy (non-hydrogen) atoms. The zero-order chi connectivity index (χ0) is 16.8. The molecule has 0 atom stereocenters. The average Bonchev–Trinajstić information content (AvgIpc) is 2.52. The molecule has 1 amide bonds. The largest absolute Gasteiger partial charge is 0.496 e. The van der Waals surface area contributed by atoms with E-state index in [2.05, 4.69) is 21.2 Å². The zero-order valence-electron chi connectivity index (χ0n) is 12.8. The van der Waals surface area contributed by atoms with Crippen molar-refractivity contribution in [3.05, 3.63) is 64.1 Å². The summed E-state index contributed by atoms with van der Waals surface area (Å²) in [6, 6.07) is 12.4. The van der Waals surface area contributed by atoms with Gasteiger partial charge in [-0.25, -0.2) is 0 Å². The third-order valence-corrected chi connectivity index (χ3v) is 3.57. The van der Waals surface area contributed by atoms with Gasteiger partial charge in [-0.2, -0.15) is 0 Å². The maximum Gasteiger partial charge on any atom is 0.221 e. The first kappa shape index (κ1) is 17.0. The number of hydrogen-bond acceptors (Lipinski definition) is 3. The number of carbonyl (C=O) groups excluding carboxylic acids is 2. The van der Waals surface area contributed by atoms with E-state index in [0.29, 0.717) is 17.0 Å². The Kier molecular flexibility index (Phi) is 5.71. The first-order chi connectivity index (χ1) is 11.0. The third-order valence-electron chi connectivity index (χ3n) is 3.07. The average molecular weight is 374 g/mol. The smallest absolute Gasteiger partial charge is 0.221 e. The minimum absolute atomic E-state index is 0.153.